The average molecular weight is 779 g/mol. The molecule has 13 heteroatoms. The van der Waals surface area contributed by atoms with Gasteiger partial charge < -0.3 is 28.7 Å². The maximum atomic E-state index is 12.5. The van der Waals surface area contributed by atoms with E-state index in [9.17, 15) is 28.5 Å². The van der Waals surface area contributed by atoms with Gasteiger partial charge in [0.1, 0.15) is 6.61 Å². The van der Waals surface area contributed by atoms with Crippen molar-refractivity contribution < 1.29 is 51.7 Å². The maximum absolute atomic E-state index is 12.5. The molecule has 0 aromatic rings. The number of rotatable bonds is 38. The van der Waals surface area contributed by atoms with Gasteiger partial charge >= 0.3 is 11.9 Å². The van der Waals surface area contributed by atoms with Crippen LogP contribution in [0.15, 0.2) is 24.3 Å². The summed E-state index contributed by atoms with van der Waals surface area (Å²) in [5.41, 5.74) is 0. The van der Waals surface area contributed by atoms with Crippen LogP contribution in [0.3, 0.4) is 0 Å². The number of unbranched alkanes of at least 4 members (excludes halogenated alkanes) is 22. The number of allylic oxidation sites excluding steroid dienone is 4. The third kappa shape index (κ3) is 38.4. The molecule has 0 radical (unpaired) electrons. The van der Waals surface area contributed by atoms with Crippen LogP contribution in [-0.2, 0) is 37.0 Å². The van der Waals surface area contributed by atoms with Crippen molar-refractivity contribution in [2.45, 2.75) is 200 Å². The molecule has 0 spiro atoms. The normalized spacial score (nSPS) is 14.8. The third-order valence-corrected chi connectivity index (χ3v) is 10.7. The Hall–Kier alpha value is -1.32. The highest BCUT2D eigenvalue weighted by molar-refractivity contribution is 7.59. The monoisotopic (exact) mass is 778 g/mol. The number of esters is 2. The fourth-order valence-corrected chi connectivity index (χ4v) is 7.17. The van der Waals surface area contributed by atoms with Gasteiger partial charge in [0.25, 0.3) is 15.6 Å². The fourth-order valence-electron chi connectivity index (χ4n) is 5.62. The van der Waals surface area contributed by atoms with Gasteiger partial charge in [-0.25, -0.2) is 4.31 Å². The van der Waals surface area contributed by atoms with E-state index in [4.69, 9.17) is 14.4 Å². The van der Waals surface area contributed by atoms with E-state index in [1.165, 1.54) is 77.0 Å². The van der Waals surface area contributed by atoms with Gasteiger partial charge in [-0.3, -0.25) is 18.7 Å². The standard InChI is InChI=1S/C39H74O11P2/c1-3-5-7-9-11-13-15-17-19-21-23-25-27-29-31-33-38(40)47-35-37(36-48-52(45,46)50-51(42,43)44)49-39(41)34-32-30-28-26-24-22-20-18-16-14-12-10-8-6-4-2/h17-20,37H,3-16,21-36H2,1-2H3,(H,45,46)(H2,42,43,44)/p-2/b19-17-,20-18-/t37-/m1/s1. The van der Waals surface area contributed by atoms with E-state index in [-0.39, 0.29) is 12.8 Å². The lowest BCUT2D eigenvalue weighted by atomic mass is 10.1. The molecule has 0 aliphatic carbocycles. The Morgan fingerprint density at radius 3 is 1.33 bits per heavy atom. The number of carbonyl (C=O) groups is 2. The van der Waals surface area contributed by atoms with Gasteiger partial charge in [-0.05, 0) is 64.2 Å². The molecule has 0 fully saturated rings. The Kier molecular flexibility index (Phi) is 34.5. The van der Waals surface area contributed by atoms with Crippen LogP contribution in [0.5, 0.6) is 0 Å². The van der Waals surface area contributed by atoms with Crippen LogP contribution < -0.4 is 9.79 Å². The van der Waals surface area contributed by atoms with E-state index in [0.717, 1.165) is 77.0 Å². The summed E-state index contributed by atoms with van der Waals surface area (Å²) in [5, 5.41) is 0. The van der Waals surface area contributed by atoms with Gasteiger partial charge in [-0.1, -0.05) is 141 Å². The van der Waals surface area contributed by atoms with E-state index in [0.29, 0.717) is 12.8 Å². The van der Waals surface area contributed by atoms with E-state index >= 15 is 0 Å². The van der Waals surface area contributed by atoms with Crippen molar-refractivity contribution in [1.82, 2.24) is 0 Å². The predicted octanol–water partition coefficient (Wildman–Crippen LogP) is 10.5. The van der Waals surface area contributed by atoms with Crippen LogP contribution in [0.25, 0.3) is 0 Å². The molecular formula is C39H72O11P2-2. The van der Waals surface area contributed by atoms with Crippen molar-refractivity contribution in [3.05, 3.63) is 24.3 Å². The number of hydrogen-bond donors (Lipinski definition) is 1. The molecule has 0 rings (SSSR count). The molecule has 0 saturated carbocycles. The minimum absolute atomic E-state index is 0.0788. The summed E-state index contributed by atoms with van der Waals surface area (Å²) in [4.78, 5) is 56.1. The Morgan fingerprint density at radius 2 is 0.923 bits per heavy atom. The van der Waals surface area contributed by atoms with Crippen molar-refractivity contribution in [3.63, 3.8) is 0 Å². The first-order valence-electron chi connectivity index (χ1n) is 20.3. The molecule has 306 valence electrons. The lowest BCUT2D eigenvalue weighted by Crippen LogP contribution is -2.30. The second kappa shape index (κ2) is 35.4. The molecule has 0 aromatic carbocycles. The zero-order valence-corrected chi connectivity index (χ0v) is 34.3. The highest BCUT2D eigenvalue weighted by atomic mass is 31.3. The van der Waals surface area contributed by atoms with Gasteiger partial charge in [-0.15, -0.1) is 0 Å². The van der Waals surface area contributed by atoms with Crippen molar-refractivity contribution >= 4 is 27.6 Å². The maximum Gasteiger partial charge on any atom is 0.306 e. The number of phosphoric ester groups is 1. The predicted molar refractivity (Wildman–Crippen MR) is 204 cm³/mol. The first-order chi connectivity index (χ1) is 25.0. The second-order valence-electron chi connectivity index (χ2n) is 13.8. The fraction of sp³-hybridized carbons (Fsp3) is 0.846. The Bertz CT molecular complexity index is 1010. The Balaban J connectivity index is 4.30. The van der Waals surface area contributed by atoms with Gasteiger partial charge in [0.05, 0.1) is 6.61 Å². The molecule has 0 amide bonds. The smallest absolute Gasteiger partial charge is 0.306 e. The lowest BCUT2D eigenvalue weighted by molar-refractivity contribution is -0.242. The summed E-state index contributed by atoms with van der Waals surface area (Å²) in [6.07, 6.45) is 37.1. The zero-order valence-electron chi connectivity index (χ0n) is 32.5. The topological polar surface area (TPSA) is 172 Å². The summed E-state index contributed by atoms with van der Waals surface area (Å²) in [5.74, 6) is -1.16. The van der Waals surface area contributed by atoms with Crippen molar-refractivity contribution in [3.8, 4) is 0 Å². The molecule has 0 aliphatic rings. The molecule has 3 atom stereocenters. The number of hydrogen-bond acceptors (Lipinski definition) is 10. The molecule has 0 bridgehead atoms. The van der Waals surface area contributed by atoms with E-state index < -0.39 is 46.9 Å². The zero-order chi connectivity index (χ0) is 38.6. The Morgan fingerprint density at radius 1 is 0.558 bits per heavy atom. The first-order valence-corrected chi connectivity index (χ1v) is 23.3. The summed E-state index contributed by atoms with van der Waals surface area (Å²) in [6, 6.07) is 0. The minimum Gasteiger partial charge on any atom is -0.756 e. The molecule has 0 saturated heterocycles. The van der Waals surface area contributed by atoms with E-state index in [1.54, 1.807) is 0 Å². The van der Waals surface area contributed by atoms with Crippen LogP contribution in [0.4, 0.5) is 0 Å². The van der Waals surface area contributed by atoms with Crippen LogP contribution in [0.1, 0.15) is 194 Å². The highest BCUT2D eigenvalue weighted by Crippen LogP contribution is 2.52. The van der Waals surface area contributed by atoms with Crippen LogP contribution in [-0.4, -0.2) is 36.1 Å². The molecule has 1 N–H and O–H groups in total. The number of phosphoric acid groups is 2. The molecule has 11 nitrogen and oxygen atoms in total. The summed E-state index contributed by atoms with van der Waals surface area (Å²) >= 11 is 0. The van der Waals surface area contributed by atoms with Gasteiger partial charge in [0, 0.05) is 12.8 Å². The minimum atomic E-state index is -5.63. The molecule has 0 aliphatic heterocycles. The van der Waals surface area contributed by atoms with Crippen molar-refractivity contribution in [2.75, 3.05) is 13.2 Å². The largest absolute Gasteiger partial charge is 0.756 e. The molecule has 2 unspecified atom stereocenters. The van der Waals surface area contributed by atoms with Crippen molar-refractivity contribution in [1.29, 1.82) is 0 Å². The second-order valence-corrected chi connectivity index (χ2v) is 16.5. The molecule has 52 heavy (non-hydrogen) atoms. The van der Waals surface area contributed by atoms with Crippen LogP contribution in [0, 0.1) is 0 Å². The van der Waals surface area contributed by atoms with Crippen molar-refractivity contribution in [2.24, 2.45) is 0 Å². The highest BCUT2D eigenvalue weighted by Gasteiger charge is 2.23. The van der Waals surface area contributed by atoms with E-state index in [1.807, 2.05) is 0 Å². The summed E-state index contributed by atoms with van der Waals surface area (Å²) in [6.45, 7) is 3.13. The average Bonchev–Trinajstić information content (AvgIpc) is 3.08. The SMILES string of the molecule is CCCCCCCC/C=C\CCCCCCCC(=O)OC[C@H](COP(=O)([O-])OP(=O)([O-])O)OC(=O)CCCCCCC/C=C\CCCCCCCC. The molecule has 0 aromatic heterocycles. The molecule has 0 heterocycles. The quantitative estimate of drug-likeness (QED) is 0.0274. The number of carbonyl (C=O) groups excluding carboxylic acids is 2. The van der Waals surface area contributed by atoms with Crippen LogP contribution in [0.2, 0.25) is 0 Å². The van der Waals surface area contributed by atoms with Crippen LogP contribution >= 0.6 is 15.6 Å². The van der Waals surface area contributed by atoms with Gasteiger partial charge in [-0.2, -0.15) is 0 Å². The first kappa shape index (κ1) is 50.7. The van der Waals surface area contributed by atoms with E-state index in [2.05, 4.69) is 47.0 Å². The third-order valence-electron chi connectivity index (χ3n) is 8.64. The molecular weight excluding hydrogens is 706 g/mol. The summed E-state index contributed by atoms with van der Waals surface area (Å²) in [7, 11) is -11.1. The van der Waals surface area contributed by atoms with Gasteiger partial charge in [0.15, 0.2) is 6.10 Å². The van der Waals surface area contributed by atoms with Gasteiger partial charge in [0.2, 0.25) is 0 Å². The number of ether oxygens (including phenoxy) is 2. The Labute approximate surface area is 315 Å². The lowest BCUT2D eigenvalue weighted by Gasteiger charge is -2.28. The summed E-state index contributed by atoms with van der Waals surface area (Å²) < 4.78 is 41.2.